The fraction of sp³-hybridized carbons (Fsp3) is 0.174. The highest BCUT2D eigenvalue weighted by molar-refractivity contribution is 6.32. The van der Waals surface area contributed by atoms with E-state index in [4.69, 9.17) is 16.3 Å². The van der Waals surface area contributed by atoms with Crippen molar-refractivity contribution in [2.45, 2.75) is 26.5 Å². The maximum absolute atomic E-state index is 12.8. The van der Waals surface area contributed by atoms with Crippen LogP contribution in [0.3, 0.4) is 0 Å². The van der Waals surface area contributed by atoms with Crippen LogP contribution in [0.4, 0.5) is 11.8 Å². The van der Waals surface area contributed by atoms with E-state index in [0.29, 0.717) is 27.7 Å². The van der Waals surface area contributed by atoms with Crippen LogP contribution in [-0.2, 0) is 11.4 Å². The molecule has 168 valence electrons. The summed E-state index contributed by atoms with van der Waals surface area (Å²) in [6.45, 7) is 3.47. The van der Waals surface area contributed by atoms with Crippen molar-refractivity contribution in [1.29, 1.82) is 0 Å². The molecule has 0 aliphatic rings. The highest BCUT2D eigenvalue weighted by atomic mass is 35.5. The lowest BCUT2D eigenvalue weighted by atomic mass is 10.1. The van der Waals surface area contributed by atoms with Crippen LogP contribution in [-0.4, -0.2) is 25.8 Å². The number of fused-ring (bicyclic) bond motifs is 1. The maximum atomic E-state index is 12.8. The molecule has 3 N–H and O–H groups in total. The fourth-order valence-corrected chi connectivity index (χ4v) is 3.47. The first-order chi connectivity index (χ1) is 15.9. The first kappa shape index (κ1) is 22.2. The van der Waals surface area contributed by atoms with Gasteiger partial charge in [-0.05, 0) is 37.3 Å². The smallest absolute Gasteiger partial charge is 0.253 e. The number of nitrogens with zero attached hydrogens (tertiary/aromatic N) is 3. The summed E-state index contributed by atoms with van der Waals surface area (Å²) in [7, 11) is 0. The van der Waals surface area contributed by atoms with Crippen LogP contribution in [0.25, 0.3) is 10.9 Å². The van der Waals surface area contributed by atoms with Crippen molar-refractivity contribution in [2.75, 3.05) is 10.6 Å². The van der Waals surface area contributed by atoms with E-state index in [1.54, 1.807) is 30.5 Å². The number of anilines is 2. The number of aromatic nitrogens is 4. The number of benzene rings is 1. The van der Waals surface area contributed by atoms with E-state index in [9.17, 15) is 9.59 Å². The van der Waals surface area contributed by atoms with E-state index in [1.165, 1.54) is 13.1 Å². The molecular formula is C23H21ClN6O3. The van der Waals surface area contributed by atoms with Crippen LogP contribution in [0.5, 0.6) is 5.75 Å². The van der Waals surface area contributed by atoms with Gasteiger partial charge in [0.1, 0.15) is 18.2 Å². The van der Waals surface area contributed by atoms with Crippen LogP contribution in [0.15, 0.2) is 59.7 Å². The number of hydrogen-bond donors (Lipinski definition) is 3. The highest BCUT2D eigenvalue weighted by Gasteiger charge is 2.15. The molecule has 4 aromatic rings. The highest BCUT2D eigenvalue weighted by Crippen LogP contribution is 2.30. The summed E-state index contributed by atoms with van der Waals surface area (Å²) in [5.41, 5.74) is 1.58. The average molecular weight is 465 g/mol. The van der Waals surface area contributed by atoms with Crippen LogP contribution in [0, 0.1) is 0 Å². The Morgan fingerprint density at radius 3 is 2.79 bits per heavy atom. The number of halogens is 1. The van der Waals surface area contributed by atoms with Gasteiger partial charge >= 0.3 is 0 Å². The summed E-state index contributed by atoms with van der Waals surface area (Å²) in [5, 5.41) is 6.85. The monoisotopic (exact) mass is 464 g/mol. The summed E-state index contributed by atoms with van der Waals surface area (Å²) in [4.78, 5) is 39.5. The second-order valence-electron chi connectivity index (χ2n) is 7.35. The van der Waals surface area contributed by atoms with Gasteiger partial charge in [-0.25, -0.2) is 4.98 Å². The fourth-order valence-electron chi connectivity index (χ4n) is 3.24. The Labute approximate surface area is 194 Å². The number of nitrogens with one attached hydrogen (secondary N) is 3. The van der Waals surface area contributed by atoms with Gasteiger partial charge in [-0.1, -0.05) is 17.7 Å². The molecule has 0 saturated carbocycles. The maximum Gasteiger partial charge on any atom is 0.253 e. The average Bonchev–Trinajstić information content (AvgIpc) is 2.78. The topological polar surface area (TPSA) is 122 Å². The van der Waals surface area contributed by atoms with Gasteiger partial charge in [-0.2, -0.15) is 4.98 Å². The number of aromatic amines is 1. The molecule has 4 rings (SSSR count). The van der Waals surface area contributed by atoms with Crippen LogP contribution >= 0.6 is 11.6 Å². The predicted octanol–water partition coefficient (Wildman–Crippen LogP) is 4.08. The zero-order chi connectivity index (χ0) is 23.4. The number of amides is 1. The first-order valence-corrected chi connectivity index (χ1v) is 10.5. The van der Waals surface area contributed by atoms with Crippen molar-refractivity contribution in [2.24, 2.45) is 0 Å². The minimum atomic E-state index is -0.412. The SMILES string of the molecule is CC(=O)Nc1ccnc(NC(C)c2cc3cc(Cl)c(OCc4ccccn4)cc3[nH]c2=O)n1. The van der Waals surface area contributed by atoms with Crippen molar-refractivity contribution < 1.29 is 9.53 Å². The third-order valence-electron chi connectivity index (χ3n) is 4.80. The third kappa shape index (κ3) is 5.45. The summed E-state index contributed by atoms with van der Waals surface area (Å²) < 4.78 is 5.79. The molecule has 1 aromatic carbocycles. The van der Waals surface area contributed by atoms with Crippen molar-refractivity contribution >= 4 is 40.2 Å². The van der Waals surface area contributed by atoms with E-state index in [2.05, 4.69) is 30.6 Å². The molecule has 3 heterocycles. The van der Waals surface area contributed by atoms with E-state index in [1.807, 2.05) is 25.1 Å². The van der Waals surface area contributed by atoms with Gasteiger partial charge in [0.05, 0.1) is 22.3 Å². The summed E-state index contributed by atoms with van der Waals surface area (Å²) >= 11 is 6.42. The molecule has 0 radical (unpaired) electrons. The van der Waals surface area contributed by atoms with Gasteiger partial charge in [-0.3, -0.25) is 14.6 Å². The van der Waals surface area contributed by atoms with Crippen molar-refractivity contribution in [3.63, 3.8) is 0 Å². The summed E-state index contributed by atoms with van der Waals surface area (Å²) in [6.07, 6.45) is 3.21. The lowest BCUT2D eigenvalue weighted by molar-refractivity contribution is -0.114. The number of carbonyl (C=O) groups excluding carboxylic acids is 1. The van der Waals surface area contributed by atoms with Gasteiger partial charge < -0.3 is 20.4 Å². The van der Waals surface area contributed by atoms with Gasteiger partial charge in [0.2, 0.25) is 11.9 Å². The van der Waals surface area contributed by atoms with E-state index in [-0.39, 0.29) is 24.0 Å². The van der Waals surface area contributed by atoms with E-state index >= 15 is 0 Å². The predicted molar refractivity (Wildman–Crippen MR) is 127 cm³/mol. The quantitative estimate of drug-likeness (QED) is 0.376. The molecule has 0 saturated heterocycles. The molecule has 0 aliphatic carbocycles. The van der Waals surface area contributed by atoms with Crippen LogP contribution in [0.2, 0.25) is 5.02 Å². The lowest BCUT2D eigenvalue weighted by Gasteiger charge is -2.15. The zero-order valence-corrected chi connectivity index (χ0v) is 18.7. The molecule has 0 aliphatic heterocycles. The minimum Gasteiger partial charge on any atom is -0.486 e. The first-order valence-electron chi connectivity index (χ1n) is 10.2. The normalized spacial score (nSPS) is 11.7. The number of pyridine rings is 2. The Bertz CT molecular complexity index is 1360. The number of ether oxygens (including phenoxy) is 1. The molecule has 9 nitrogen and oxygen atoms in total. The summed E-state index contributed by atoms with van der Waals surface area (Å²) in [6, 6.07) is 11.9. The Morgan fingerprint density at radius 1 is 1.18 bits per heavy atom. The summed E-state index contributed by atoms with van der Waals surface area (Å²) in [5.74, 6) is 0.862. The zero-order valence-electron chi connectivity index (χ0n) is 17.9. The number of carbonyl (C=O) groups is 1. The Balaban J connectivity index is 1.56. The molecule has 0 bridgehead atoms. The molecule has 10 heteroatoms. The Morgan fingerprint density at radius 2 is 2.03 bits per heavy atom. The van der Waals surface area contributed by atoms with Crippen LogP contribution < -0.4 is 20.9 Å². The Kier molecular flexibility index (Phi) is 6.50. The number of H-pyrrole nitrogens is 1. The minimum absolute atomic E-state index is 0.237. The lowest BCUT2D eigenvalue weighted by Crippen LogP contribution is -2.20. The third-order valence-corrected chi connectivity index (χ3v) is 5.09. The molecule has 1 amide bonds. The molecule has 0 spiro atoms. The number of hydrogen-bond acceptors (Lipinski definition) is 7. The van der Waals surface area contributed by atoms with Crippen LogP contribution in [0.1, 0.15) is 31.1 Å². The van der Waals surface area contributed by atoms with Gasteiger partial charge in [-0.15, -0.1) is 0 Å². The van der Waals surface area contributed by atoms with Crippen molar-refractivity contribution in [1.82, 2.24) is 19.9 Å². The van der Waals surface area contributed by atoms with Gasteiger partial charge in [0.25, 0.3) is 5.56 Å². The molecule has 3 aromatic heterocycles. The van der Waals surface area contributed by atoms with Crippen molar-refractivity contribution in [3.05, 3.63) is 81.5 Å². The van der Waals surface area contributed by atoms with E-state index in [0.717, 1.165) is 11.1 Å². The Hall–Kier alpha value is -3.98. The second kappa shape index (κ2) is 9.66. The molecule has 1 unspecified atom stereocenters. The largest absolute Gasteiger partial charge is 0.486 e. The second-order valence-corrected chi connectivity index (χ2v) is 7.75. The van der Waals surface area contributed by atoms with Gasteiger partial charge in [0, 0.05) is 36.3 Å². The molecular weight excluding hydrogens is 444 g/mol. The number of rotatable bonds is 7. The standard InChI is InChI=1S/C23H21ClN6O3/c1-13(27-23-26-8-6-21(30-23)28-14(2)31)17-9-15-10-18(24)20(11-19(15)29-22(17)32)33-12-16-5-3-4-7-25-16/h3-11,13H,12H2,1-2H3,(H,29,32)(H2,26,27,28,30,31). The van der Waals surface area contributed by atoms with E-state index < -0.39 is 6.04 Å². The molecule has 1 atom stereocenters. The van der Waals surface area contributed by atoms with Gasteiger partial charge in [0.15, 0.2) is 0 Å². The molecule has 0 fully saturated rings. The van der Waals surface area contributed by atoms with Crippen molar-refractivity contribution in [3.8, 4) is 5.75 Å². The molecule has 33 heavy (non-hydrogen) atoms.